The summed E-state index contributed by atoms with van der Waals surface area (Å²) in [5.41, 5.74) is -3.69. The van der Waals surface area contributed by atoms with Crippen LogP contribution in [0.25, 0.3) is 0 Å². The van der Waals surface area contributed by atoms with Crippen molar-refractivity contribution in [1.82, 2.24) is 10.5 Å². The molecule has 32 heavy (non-hydrogen) atoms. The molecule has 5 nitrogen and oxygen atoms in total. The number of anilines is 1. The van der Waals surface area contributed by atoms with Crippen LogP contribution in [0.15, 0.2) is 28.8 Å². The number of rotatable bonds is 5. The molecule has 1 aromatic heterocycles. The second-order valence-corrected chi connectivity index (χ2v) is 8.09. The van der Waals surface area contributed by atoms with E-state index >= 15 is 0 Å². The van der Waals surface area contributed by atoms with Gasteiger partial charge in [-0.2, -0.15) is 26.3 Å². The van der Waals surface area contributed by atoms with Crippen LogP contribution in [-0.2, 0) is 12.4 Å². The van der Waals surface area contributed by atoms with Crippen molar-refractivity contribution >= 4 is 11.7 Å². The lowest BCUT2D eigenvalue weighted by Gasteiger charge is -2.34. The number of nitrogens with one attached hydrogen (secondary N) is 1. The summed E-state index contributed by atoms with van der Waals surface area (Å²) in [5, 5.41) is 6.48. The van der Waals surface area contributed by atoms with Gasteiger partial charge in [0.15, 0.2) is 5.82 Å². The van der Waals surface area contributed by atoms with Gasteiger partial charge in [-0.25, -0.2) is 0 Å². The molecule has 11 heteroatoms. The van der Waals surface area contributed by atoms with Crippen LogP contribution in [0.2, 0.25) is 0 Å². The number of benzene rings is 1. The van der Waals surface area contributed by atoms with Gasteiger partial charge in [0.05, 0.1) is 11.1 Å². The third kappa shape index (κ3) is 5.74. The Hall–Kier alpha value is -2.72. The number of halogens is 6. The Kier molecular flexibility index (Phi) is 6.75. The molecule has 0 atom stereocenters. The largest absolute Gasteiger partial charge is 0.416 e. The molecule has 1 aliphatic carbocycles. The number of carbonyl (C=O) groups is 1. The first kappa shape index (κ1) is 23.9. The van der Waals surface area contributed by atoms with Gasteiger partial charge in [-0.15, -0.1) is 0 Å². The maximum Gasteiger partial charge on any atom is 0.416 e. The van der Waals surface area contributed by atoms with E-state index in [1.807, 2.05) is 18.0 Å². The van der Waals surface area contributed by atoms with Gasteiger partial charge in [0, 0.05) is 31.3 Å². The summed E-state index contributed by atoms with van der Waals surface area (Å²) in [6.45, 7) is 1.97. The molecule has 1 N–H and O–H groups in total. The van der Waals surface area contributed by atoms with Gasteiger partial charge in [-0.3, -0.25) is 4.79 Å². The van der Waals surface area contributed by atoms with Crippen LogP contribution in [0.3, 0.4) is 0 Å². The molecule has 0 unspecified atom stereocenters. The van der Waals surface area contributed by atoms with Crippen LogP contribution in [0.5, 0.6) is 0 Å². The van der Waals surface area contributed by atoms with E-state index in [1.165, 1.54) is 0 Å². The van der Waals surface area contributed by atoms with Crippen molar-refractivity contribution in [2.24, 2.45) is 5.92 Å². The normalized spacial score (nSPS) is 19.6. The predicted molar refractivity (Wildman–Crippen MR) is 104 cm³/mol. The summed E-state index contributed by atoms with van der Waals surface area (Å²) in [5.74, 6) is 0.547. The Labute approximate surface area is 180 Å². The van der Waals surface area contributed by atoms with E-state index in [-0.39, 0.29) is 24.6 Å². The molecule has 0 aliphatic heterocycles. The Balaban J connectivity index is 1.59. The van der Waals surface area contributed by atoms with E-state index in [4.69, 9.17) is 4.52 Å². The first-order valence-electron chi connectivity index (χ1n) is 10.1. The second-order valence-electron chi connectivity index (χ2n) is 8.09. The first-order valence-corrected chi connectivity index (χ1v) is 10.1. The summed E-state index contributed by atoms with van der Waals surface area (Å²) in [6, 6.07) is 2.94. The topological polar surface area (TPSA) is 58.4 Å². The van der Waals surface area contributed by atoms with Crippen molar-refractivity contribution < 1.29 is 35.7 Å². The van der Waals surface area contributed by atoms with Gasteiger partial charge >= 0.3 is 12.4 Å². The zero-order valence-electron chi connectivity index (χ0n) is 17.5. The average molecular weight is 463 g/mol. The number of nitrogens with zero attached hydrogens (tertiary/aromatic N) is 2. The molecule has 1 aromatic carbocycles. The van der Waals surface area contributed by atoms with E-state index in [2.05, 4.69) is 10.5 Å². The summed E-state index contributed by atoms with van der Waals surface area (Å²) in [6.07, 6.45) is -6.87. The second kappa shape index (κ2) is 9.03. The first-order chi connectivity index (χ1) is 14.8. The highest BCUT2D eigenvalue weighted by Crippen LogP contribution is 2.36. The lowest BCUT2D eigenvalue weighted by atomic mass is 9.85. The van der Waals surface area contributed by atoms with Gasteiger partial charge in [0.2, 0.25) is 0 Å². The number of aryl methyl sites for hydroxylation is 1. The highest BCUT2D eigenvalue weighted by molar-refractivity contribution is 5.94. The van der Waals surface area contributed by atoms with E-state index in [0.29, 0.717) is 17.9 Å². The van der Waals surface area contributed by atoms with Gasteiger partial charge in [-0.1, -0.05) is 5.16 Å². The summed E-state index contributed by atoms with van der Waals surface area (Å²) in [4.78, 5) is 14.4. The van der Waals surface area contributed by atoms with Crippen molar-refractivity contribution in [3.63, 3.8) is 0 Å². The minimum atomic E-state index is -5.00. The summed E-state index contributed by atoms with van der Waals surface area (Å²) >= 11 is 0. The molecule has 2 aromatic rings. The zero-order valence-corrected chi connectivity index (χ0v) is 17.5. The Morgan fingerprint density at radius 3 is 2.06 bits per heavy atom. The smallest absolute Gasteiger partial charge is 0.360 e. The molecule has 0 saturated heterocycles. The van der Waals surface area contributed by atoms with Crippen molar-refractivity contribution in [2.45, 2.75) is 51.0 Å². The third-order valence-electron chi connectivity index (χ3n) is 5.74. The standard InChI is InChI=1S/C21H23F6N3O2/c1-12-7-18(29-32-12)30(2)17-5-3-13(4-6-17)11-28-19(31)14-8-15(20(22,23)24)10-16(9-14)21(25,26)27/h7-10,13,17H,3-6,11H2,1-2H3,(H,28,31)/t13-,17+. The average Bonchev–Trinajstić information content (AvgIpc) is 3.16. The molecule has 0 bridgehead atoms. The molecule has 0 radical (unpaired) electrons. The number of amides is 1. The number of hydrogen-bond acceptors (Lipinski definition) is 4. The molecule has 1 aliphatic rings. The van der Waals surface area contributed by atoms with E-state index in [1.54, 1.807) is 6.92 Å². The zero-order chi connectivity index (χ0) is 23.7. The molecule has 1 amide bonds. The van der Waals surface area contributed by atoms with Crippen molar-refractivity contribution in [3.8, 4) is 0 Å². The maximum atomic E-state index is 13.0. The minimum absolute atomic E-state index is 0.00488. The fourth-order valence-corrected chi connectivity index (χ4v) is 3.87. The summed E-state index contributed by atoms with van der Waals surface area (Å²) in [7, 11) is 1.91. The number of aromatic nitrogens is 1. The van der Waals surface area contributed by atoms with Crippen molar-refractivity contribution in [2.75, 3.05) is 18.5 Å². The van der Waals surface area contributed by atoms with E-state index < -0.39 is 35.0 Å². The molecule has 1 fully saturated rings. The van der Waals surface area contributed by atoms with E-state index in [9.17, 15) is 31.1 Å². The van der Waals surface area contributed by atoms with Gasteiger partial charge in [0.1, 0.15) is 5.76 Å². The number of carbonyl (C=O) groups excluding carboxylic acids is 1. The predicted octanol–water partition coefficient (Wildman–Crippen LogP) is 5.45. The van der Waals surface area contributed by atoms with Crippen LogP contribution < -0.4 is 10.2 Å². The monoisotopic (exact) mass is 463 g/mol. The Morgan fingerprint density at radius 2 is 1.59 bits per heavy atom. The maximum absolute atomic E-state index is 13.0. The highest BCUT2D eigenvalue weighted by Gasteiger charge is 2.37. The molecule has 0 spiro atoms. The number of alkyl halides is 6. The third-order valence-corrected chi connectivity index (χ3v) is 5.74. The van der Waals surface area contributed by atoms with Crippen LogP contribution >= 0.6 is 0 Å². The van der Waals surface area contributed by atoms with Crippen LogP contribution in [0.4, 0.5) is 32.2 Å². The molecule has 1 saturated carbocycles. The van der Waals surface area contributed by atoms with Gasteiger partial charge in [0.25, 0.3) is 5.91 Å². The quantitative estimate of drug-likeness (QED) is 0.600. The Bertz CT molecular complexity index is 913. The summed E-state index contributed by atoms with van der Waals surface area (Å²) < 4.78 is 83.0. The Morgan fingerprint density at radius 1 is 1.03 bits per heavy atom. The van der Waals surface area contributed by atoms with Gasteiger partial charge < -0.3 is 14.7 Å². The minimum Gasteiger partial charge on any atom is -0.360 e. The lowest BCUT2D eigenvalue weighted by molar-refractivity contribution is -0.143. The van der Waals surface area contributed by atoms with Crippen LogP contribution in [-0.4, -0.2) is 30.7 Å². The molecule has 1 heterocycles. The fourth-order valence-electron chi connectivity index (χ4n) is 3.87. The highest BCUT2D eigenvalue weighted by atomic mass is 19.4. The number of hydrogen-bond donors (Lipinski definition) is 1. The van der Waals surface area contributed by atoms with E-state index in [0.717, 1.165) is 31.5 Å². The molecular formula is C21H23F6N3O2. The van der Waals surface area contributed by atoms with Crippen LogP contribution in [0, 0.1) is 12.8 Å². The molecular weight excluding hydrogens is 440 g/mol. The molecule has 3 rings (SSSR count). The SMILES string of the molecule is Cc1cc(N(C)[C@H]2CC[C@@H](CNC(=O)c3cc(C(F)(F)F)cc(C(F)(F)F)c3)CC2)no1. The lowest BCUT2D eigenvalue weighted by Crippen LogP contribution is -2.38. The fraction of sp³-hybridized carbons (Fsp3) is 0.524. The molecule has 176 valence electrons. The van der Waals surface area contributed by atoms with Gasteiger partial charge in [-0.05, 0) is 56.7 Å². The van der Waals surface area contributed by atoms with Crippen molar-refractivity contribution in [1.29, 1.82) is 0 Å². The van der Waals surface area contributed by atoms with Crippen LogP contribution in [0.1, 0.15) is 52.9 Å². The van der Waals surface area contributed by atoms with Crippen molar-refractivity contribution in [3.05, 3.63) is 46.7 Å².